The summed E-state index contributed by atoms with van der Waals surface area (Å²) in [7, 11) is 0. The van der Waals surface area contributed by atoms with E-state index in [9.17, 15) is 14.4 Å². The van der Waals surface area contributed by atoms with Gasteiger partial charge >= 0.3 is 17.9 Å². The van der Waals surface area contributed by atoms with Crippen LogP contribution in [0.4, 0.5) is 0 Å². The zero-order valence-electron chi connectivity index (χ0n) is 45.0. The molecule has 0 saturated heterocycles. The number of allylic oxidation sites excluding steroid dienone is 16. The Balaban J connectivity index is 4.44. The molecular formula is C63H106O6. The summed E-state index contributed by atoms with van der Waals surface area (Å²) in [4.78, 5) is 38.2. The quantitative estimate of drug-likeness (QED) is 0.0262. The van der Waals surface area contributed by atoms with Crippen molar-refractivity contribution in [2.24, 2.45) is 0 Å². The molecule has 0 aromatic rings. The summed E-state index contributed by atoms with van der Waals surface area (Å²) in [6.07, 6.45) is 75.4. The average molecular weight is 960 g/mol. The van der Waals surface area contributed by atoms with Gasteiger partial charge < -0.3 is 14.2 Å². The van der Waals surface area contributed by atoms with Gasteiger partial charge in [0.15, 0.2) is 6.10 Å². The second-order valence-electron chi connectivity index (χ2n) is 18.8. The van der Waals surface area contributed by atoms with E-state index >= 15 is 0 Å². The fourth-order valence-electron chi connectivity index (χ4n) is 7.84. The van der Waals surface area contributed by atoms with Gasteiger partial charge in [-0.2, -0.15) is 0 Å². The van der Waals surface area contributed by atoms with Crippen LogP contribution in [0.15, 0.2) is 97.2 Å². The first-order chi connectivity index (χ1) is 34.0. The number of hydrogen-bond donors (Lipinski definition) is 0. The van der Waals surface area contributed by atoms with Crippen LogP contribution in [0.25, 0.3) is 0 Å². The number of esters is 3. The highest BCUT2D eigenvalue weighted by Gasteiger charge is 2.19. The van der Waals surface area contributed by atoms with E-state index in [0.29, 0.717) is 19.3 Å². The normalized spacial score (nSPS) is 12.8. The maximum absolute atomic E-state index is 12.9. The van der Waals surface area contributed by atoms with Crippen molar-refractivity contribution in [1.29, 1.82) is 0 Å². The van der Waals surface area contributed by atoms with Crippen LogP contribution in [0.2, 0.25) is 0 Å². The number of ether oxygens (including phenoxy) is 3. The van der Waals surface area contributed by atoms with E-state index in [1.165, 1.54) is 109 Å². The zero-order chi connectivity index (χ0) is 50.0. The molecule has 0 aliphatic heterocycles. The lowest BCUT2D eigenvalue weighted by Crippen LogP contribution is -2.30. The average Bonchev–Trinajstić information content (AvgIpc) is 3.35. The Morgan fingerprint density at radius 2 is 0.565 bits per heavy atom. The molecule has 6 heteroatoms. The first-order valence-corrected chi connectivity index (χ1v) is 28.7. The highest BCUT2D eigenvalue weighted by Crippen LogP contribution is 2.15. The van der Waals surface area contributed by atoms with E-state index in [2.05, 4.69) is 118 Å². The molecule has 1 atom stereocenters. The molecule has 0 amide bonds. The molecule has 394 valence electrons. The molecule has 0 fully saturated rings. The fourth-order valence-corrected chi connectivity index (χ4v) is 7.84. The largest absolute Gasteiger partial charge is 0.462 e. The maximum atomic E-state index is 12.9. The third-order valence-corrected chi connectivity index (χ3v) is 12.1. The Morgan fingerprint density at radius 3 is 0.899 bits per heavy atom. The molecule has 0 rings (SSSR count). The molecule has 0 N–H and O–H groups in total. The minimum Gasteiger partial charge on any atom is -0.462 e. The van der Waals surface area contributed by atoms with Gasteiger partial charge in [-0.05, 0) is 96.3 Å². The van der Waals surface area contributed by atoms with E-state index in [1.807, 2.05) is 0 Å². The van der Waals surface area contributed by atoms with E-state index < -0.39 is 6.10 Å². The molecule has 0 saturated carbocycles. The van der Waals surface area contributed by atoms with Crippen molar-refractivity contribution >= 4 is 17.9 Å². The van der Waals surface area contributed by atoms with Gasteiger partial charge in [-0.15, -0.1) is 0 Å². The second kappa shape index (κ2) is 56.9. The molecule has 1 unspecified atom stereocenters. The van der Waals surface area contributed by atoms with Crippen LogP contribution in [-0.2, 0) is 28.6 Å². The van der Waals surface area contributed by atoms with Gasteiger partial charge in [-0.25, -0.2) is 0 Å². The molecule has 0 bridgehead atoms. The number of carbonyl (C=O) groups is 3. The maximum Gasteiger partial charge on any atom is 0.306 e. The fraction of sp³-hybridized carbons (Fsp3) is 0.698. The number of rotatable bonds is 51. The molecular weight excluding hydrogens is 853 g/mol. The lowest BCUT2D eigenvalue weighted by Gasteiger charge is -2.18. The van der Waals surface area contributed by atoms with Crippen molar-refractivity contribution in [2.45, 2.75) is 271 Å². The van der Waals surface area contributed by atoms with Crippen LogP contribution in [0, 0.1) is 0 Å². The highest BCUT2D eigenvalue weighted by atomic mass is 16.6. The summed E-state index contributed by atoms with van der Waals surface area (Å²) in [5, 5.41) is 0. The highest BCUT2D eigenvalue weighted by molar-refractivity contribution is 5.71. The topological polar surface area (TPSA) is 78.9 Å². The molecule has 6 nitrogen and oxygen atoms in total. The lowest BCUT2D eigenvalue weighted by atomic mass is 10.0. The molecule has 0 radical (unpaired) electrons. The molecule has 0 heterocycles. The molecule has 0 aliphatic rings. The van der Waals surface area contributed by atoms with Gasteiger partial charge in [0.05, 0.1) is 0 Å². The van der Waals surface area contributed by atoms with Gasteiger partial charge in [0.2, 0.25) is 0 Å². The van der Waals surface area contributed by atoms with E-state index in [1.54, 1.807) is 0 Å². The molecule has 0 aromatic heterocycles. The zero-order valence-corrected chi connectivity index (χ0v) is 45.0. The minimum atomic E-state index is -0.794. The summed E-state index contributed by atoms with van der Waals surface area (Å²) in [6, 6.07) is 0. The van der Waals surface area contributed by atoms with Crippen molar-refractivity contribution < 1.29 is 28.6 Å². The third-order valence-electron chi connectivity index (χ3n) is 12.1. The summed E-state index contributed by atoms with van der Waals surface area (Å²) in [5.74, 6) is -0.923. The second-order valence-corrected chi connectivity index (χ2v) is 18.8. The van der Waals surface area contributed by atoms with Gasteiger partial charge in [0.1, 0.15) is 13.2 Å². The Labute approximate surface area is 426 Å². The van der Waals surface area contributed by atoms with Crippen molar-refractivity contribution in [1.82, 2.24) is 0 Å². The predicted octanol–water partition coefficient (Wildman–Crippen LogP) is 19.3. The van der Waals surface area contributed by atoms with Crippen molar-refractivity contribution in [3.05, 3.63) is 97.2 Å². The van der Waals surface area contributed by atoms with Gasteiger partial charge in [-0.1, -0.05) is 246 Å². The Hall–Kier alpha value is -3.67. The summed E-state index contributed by atoms with van der Waals surface area (Å²) in [6.45, 7) is 6.39. The molecule has 0 spiro atoms. The number of hydrogen-bond acceptors (Lipinski definition) is 6. The molecule has 69 heavy (non-hydrogen) atoms. The SMILES string of the molecule is CC/C=C\C/C=C\C/C=C\C/C=C\C/C=C\CCCCCC(=O)OCC(COC(=O)CCCCCCCCCCCCCCC)OC(=O)CCCCCCCCCCC/C=C\C/C=C\C/C=C\CC. The van der Waals surface area contributed by atoms with E-state index in [0.717, 1.165) is 116 Å². The van der Waals surface area contributed by atoms with Crippen LogP contribution in [0.1, 0.15) is 265 Å². The van der Waals surface area contributed by atoms with Crippen molar-refractivity contribution in [3.63, 3.8) is 0 Å². The third kappa shape index (κ3) is 55.1. The first kappa shape index (κ1) is 65.3. The van der Waals surface area contributed by atoms with Crippen LogP contribution in [0.3, 0.4) is 0 Å². The number of unbranched alkanes of at least 4 members (excludes halogenated alkanes) is 24. The smallest absolute Gasteiger partial charge is 0.306 e. The standard InChI is InChI=1S/C63H106O6/c1-4-7-10-13-16-19-22-25-27-29-31-33-35-38-41-44-47-50-53-56-62(65)68-59-60(58-67-61(64)55-52-49-46-43-40-37-24-21-18-15-12-9-6-3)69-63(66)57-54-51-48-45-42-39-36-34-32-30-28-26-23-20-17-14-11-8-5-2/h7-8,10-11,16-17,19-20,25-28,31,33,38,41,60H,4-6,9,12-15,18,21-24,29-30,32,34-37,39-40,42-59H2,1-3H3/b10-7-,11-8-,19-16-,20-17-,27-25-,28-26-,33-31-,41-38-. The minimum absolute atomic E-state index is 0.0889. The lowest BCUT2D eigenvalue weighted by molar-refractivity contribution is -0.167. The first-order valence-electron chi connectivity index (χ1n) is 28.7. The Morgan fingerprint density at radius 1 is 0.304 bits per heavy atom. The van der Waals surface area contributed by atoms with Crippen molar-refractivity contribution in [3.8, 4) is 0 Å². The van der Waals surface area contributed by atoms with Crippen LogP contribution >= 0.6 is 0 Å². The summed E-state index contributed by atoms with van der Waals surface area (Å²) < 4.78 is 16.8. The van der Waals surface area contributed by atoms with E-state index in [4.69, 9.17) is 14.2 Å². The Kier molecular flexibility index (Phi) is 53.9. The Bertz CT molecular complexity index is 1380. The summed E-state index contributed by atoms with van der Waals surface area (Å²) in [5.41, 5.74) is 0. The van der Waals surface area contributed by atoms with Crippen molar-refractivity contribution in [2.75, 3.05) is 13.2 Å². The van der Waals surface area contributed by atoms with Gasteiger partial charge in [0, 0.05) is 19.3 Å². The van der Waals surface area contributed by atoms with Crippen LogP contribution in [-0.4, -0.2) is 37.2 Å². The predicted molar refractivity (Wildman–Crippen MR) is 297 cm³/mol. The van der Waals surface area contributed by atoms with Gasteiger partial charge in [-0.3, -0.25) is 14.4 Å². The van der Waals surface area contributed by atoms with Crippen LogP contribution < -0.4 is 0 Å². The molecule has 0 aliphatic carbocycles. The molecule has 0 aromatic carbocycles. The van der Waals surface area contributed by atoms with E-state index in [-0.39, 0.29) is 31.1 Å². The van der Waals surface area contributed by atoms with Crippen LogP contribution in [0.5, 0.6) is 0 Å². The monoisotopic (exact) mass is 959 g/mol. The van der Waals surface area contributed by atoms with Gasteiger partial charge in [0.25, 0.3) is 0 Å². The number of carbonyl (C=O) groups excluding carboxylic acids is 3. The summed E-state index contributed by atoms with van der Waals surface area (Å²) >= 11 is 0.